The molecule has 0 spiro atoms. The van der Waals surface area contributed by atoms with E-state index in [1.165, 1.54) is 0 Å². The highest BCUT2D eigenvalue weighted by atomic mass is 16.1. The second-order valence-electron chi connectivity index (χ2n) is 5.82. The minimum atomic E-state index is -0.594. The van der Waals surface area contributed by atoms with Crippen LogP contribution in [-0.2, 0) is 5.54 Å². The maximum absolute atomic E-state index is 12.5. The fourth-order valence-electron chi connectivity index (χ4n) is 2.06. The summed E-state index contributed by atoms with van der Waals surface area (Å²) in [6.45, 7) is 12.0. The van der Waals surface area contributed by atoms with E-state index in [9.17, 15) is 4.79 Å². The van der Waals surface area contributed by atoms with Crippen LogP contribution in [0.25, 0.3) is 0 Å². The van der Waals surface area contributed by atoms with Crippen molar-refractivity contribution in [2.45, 2.75) is 59.0 Å². The molecular weight excluding hydrogens is 212 g/mol. The third-order valence-corrected chi connectivity index (χ3v) is 2.95. The van der Waals surface area contributed by atoms with Crippen molar-refractivity contribution in [1.82, 2.24) is 4.57 Å². The molecule has 0 aromatic carbocycles. The van der Waals surface area contributed by atoms with Gasteiger partial charge in [0.05, 0.1) is 0 Å². The first-order valence-electron chi connectivity index (χ1n) is 6.21. The number of hydrogen-bond donors (Lipinski definition) is 1. The molecule has 2 N–H and O–H groups in total. The number of nitrogens with zero attached hydrogens (tertiary/aromatic N) is 1. The highest BCUT2D eigenvalue weighted by molar-refractivity contribution is 5.24. The SMILES string of the molecule is CC(C)c1ccc(C(C)(C)N)c(=O)n1C(C)C. The van der Waals surface area contributed by atoms with Gasteiger partial charge in [-0.3, -0.25) is 4.79 Å². The lowest BCUT2D eigenvalue weighted by atomic mass is 9.95. The van der Waals surface area contributed by atoms with E-state index in [1.807, 2.05) is 44.4 Å². The Balaban J connectivity index is 3.56. The van der Waals surface area contributed by atoms with Crippen molar-refractivity contribution in [3.63, 3.8) is 0 Å². The molecule has 0 saturated heterocycles. The number of hydrogen-bond acceptors (Lipinski definition) is 2. The lowest BCUT2D eigenvalue weighted by Gasteiger charge is -2.24. The Kier molecular flexibility index (Phi) is 3.82. The van der Waals surface area contributed by atoms with Crippen molar-refractivity contribution >= 4 is 0 Å². The molecular formula is C14H24N2O. The summed E-state index contributed by atoms with van der Waals surface area (Å²) in [5.74, 6) is 0.333. The smallest absolute Gasteiger partial charge is 0.256 e. The number of nitrogens with two attached hydrogens (primary N) is 1. The summed E-state index contributed by atoms with van der Waals surface area (Å²) in [7, 11) is 0. The van der Waals surface area contributed by atoms with Crippen molar-refractivity contribution in [2.24, 2.45) is 5.73 Å². The van der Waals surface area contributed by atoms with Gasteiger partial charge in [0, 0.05) is 22.8 Å². The first kappa shape index (κ1) is 14.0. The zero-order valence-electron chi connectivity index (χ0n) is 11.7. The summed E-state index contributed by atoms with van der Waals surface area (Å²) in [5.41, 5.74) is 7.23. The average molecular weight is 236 g/mol. The van der Waals surface area contributed by atoms with Crippen molar-refractivity contribution in [3.8, 4) is 0 Å². The van der Waals surface area contributed by atoms with Crippen LogP contribution in [0.1, 0.15) is 64.8 Å². The van der Waals surface area contributed by atoms with Crippen LogP contribution in [0.15, 0.2) is 16.9 Å². The molecule has 0 saturated carbocycles. The summed E-state index contributed by atoms with van der Waals surface area (Å²) in [4.78, 5) is 12.5. The summed E-state index contributed by atoms with van der Waals surface area (Å²) >= 11 is 0. The molecule has 1 aromatic rings. The third kappa shape index (κ3) is 2.78. The van der Waals surface area contributed by atoms with Crippen molar-refractivity contribution in [1.29, 1.82) is 0 Å². The minimum absolute atomic E-state index is 0.0405. The second-order valence-corrected chi connectivity index (χ2v) is 5.82. The summed E-state index contributed by atoms with van der Waals surface area (Å²) < 4.78 is 1.86. The molecule has 0 amide bonds. The predicted octanol–water partition coefficient (Wildman–Crippen LogP) is 2.75. The molecule has 0 aliphatic heterocycles. The maximum Gasteiger partial charge on any atom is 0.256 e. The normalized spacial score (nSPS) is 12.5. The first-order valence-corrected chi connectivity index (χ1v) is 6.21. The summed E-state index contributed by atoms with van der Waals surface area (Å²) in [6.07, 6.45) is 0. The fraction of sp³-hybridized carbons (Fsp3) is 0.643. The predicted molar refractivity (Wildman–Crippen MR) is 72.4 cm³/mol. The molecule has 1 rings (SSSR count). The van der Waals surface area contributed by atoms with E-state index in [4.69, 9.17) is 5.73 Å². The molecule has 0 fully saturated rings. The van der Waals surface area contributed by atoms with Crippen molar-refractivity contribution in [2.75, 3.05) is 0 Å². The minimum Gasteiger partial charge on any atom is -0.322 e. The van der Waals surface area contributed by atoms with Crippen LogP contribution in [-0.4, -0.2) is 4.57 Å². The zero-order chi connectivity index (χ0) is 13.4. The summed E-state index contributed by atoms with van der Waals surface area (Å²) in [5, 5.41) is 0. The Bertz CT molecular complexity index is 450. The van der Waals surface area contributed by atoms with Gasteiger partial charge in [0.25, 0.3) is 5.56 Å². The molecule has 0 atom stereocenters. The van der Waals surface area contributed by atoms with Crippen LogP contribution < -0.4 is 11.3 Å². The highest BCUT2D eigenvalue weighted by Crippen LogP contribution is 2.20. The largest absolute Gasteiger partial charge is 0.322 e. The quantitative estimate of drug-likeness (QED) is 0.877. The van der Waals surface area contributed by atoms with Gasteiger partial charge in [-0.25, -0.2) is 0 Å². The van der Waals surface area contributed by atoms with E-state index >= 15 is 0 Å². The molecule has 0 aliphatic rings. The van der Waals surface area contributed by atoms with Crippen molar-refractivity contribution < 1.29 is 0 Å². The molecule has 3 heteroatoms. The molecule has 1 aromatic heterocycles. The van der Waals surface area contributed by atoms with Gasteiger partial charge in [0.2, 0.25) is 0 Å². The van der Waals surface area contributed by atoms with Crippen LogP contribution in [0.2, 0.25) is 0 Å². The van der Waals surface area contributed by atoms with Gasteiger partial charge in [-0.2, -0.15) is 0 Å². The molecule has 0 bridgehead atoms. The Morgan fingerprint density at radius 3 is 2.06 bits per heavy atom. The number of pyridine rings is 1. The Labute approximate surface area is 104 Å². The molecule has 0 unspecified atom stereocenters. The van der Waals surface area contributed by atoms with E-state index in [-0.39, 0.29) is 11.6 Å². The number of rotatable bonds is 3. The van der Waals surface area contributed by atoms with Crippen LogP contribution >= 0.6 is 0 Å². The topological polar surface area (TPSA) is 48.0 Å². The molecule has 96 valence electrons. The van der Waals surface area contributed by atoms with E-state index in [0.29, 0.717) is 11.5 Å². The zero-order valence-corrected chi connectivity index (χ0v) is 11.7. The molecule has 17 heavy (non-hydrogen) atoms. The average Bonchev–Trinajstić information content (AvgIpc) is 2.13. The van der Waals surface area contributed by atoms with E-state index in [0.717, 1.165) is 5.69 Å². The van der Waals surface area contributed by atoms with Crippen LogP contribution in [0, 0.1) is 0 Å². The Morgan fingerprint density at radius 2 is 1.71 bits per heavy atom. The van der Waals surface area contributed by atoms with E-state index < -0.39 is 5.54 Å². The fourth-order valence-corrected chi connectivity index (χ4v) is 2.06. The molecule has 3 nitrogen and oxygen atoms in total. The van der Waals surface area contributed by atoms with Crippen LogP contribution in [0.3, 0.4) is 0 Å². The van der Waals surface area contributed by atoms with E-state index in [1.54, 1.807) is 0 Å². The van der Waals surface area contributed by atoms with Crippen LogP contribution in [0.4, 0.5) is 0 Å². The van der Waals surface area contributed by atoms with Gasteiger partial charge in [-0.05, 0) is 45.7 Å². The molecule has 1 heterocycles. The standard InChI is InChI=1S/C14H24N2O/c1-9(2)12-8-7-11(14(5,6)15)13(17)16(12)10(3)4/h7-10H,15H2,1-6H3. The third-order valence-electron chi connectivity index (χ3n) is 2.95. The van der Waals surface area contributed by atoms with E-state index in [2.05, 4.69) is 13.8 Å². The van der Waals surface area contributed by atoms with Crippen molar-refractivity contribution in [3.05, 3.63) is 33.7 Å². The lowest BCUT2D eigenvalue weighted by molar-refractivity contribution is 0.495. The molecule has 0 radical (unpaired) electrons. The van der Waals surface area contributed by atoms with Gasteiger partial charge in [0.15, 0.2) is 0 Å². The Hall–Kier alpha value is -1.09. The van der Waals surface area contributed by atoms with Gasteiger partial charge >= 0.3 is 0 Å². The van der Waals surface area contributed by atoms with Gasteiger partial charge < -0.3 is 10.3 Å². The second kappa shape index (κ2) is 4.65. The highest BCUT2D eigenvalue weighted by Gasteiger charge is 2.22. The molecule has 0 aliphatic carbocycles. The number of aromatic nitrogens is 1. The van der Waals surface area contributed by atoms with Crippen LogP contribution in [0.5, 0.6) is 0 Å². The monoisotopic (exact) mass is 236 g/mol. The van der Waals surface area contributed by atoms with Gasteiger partial charge in [-0.15, -0.1) is 0 Å². The van der Waals surface area contributed by atoms with Gasteiger partial charge in [0.1, 0.15) is 0 Å². The van der Waals surface area contributed by atoms with Gasteiger partial charge in [-0.1, -0.05) is 13.8 Å². The lowest BCUT2D eigenvalue weighted by Crippen LogP contribution is -2.39. The Morgan fingerprint density at radius 1 is 1.18 bits per heavy atom. The first-order chi connectivity index (χ1) is 7.66. The maximum atomic E-state index is 12.5. The summed E-state index contributed by atoms with van der Waals surface area (Å²) in [6, 6.07) is 4.05.